The highest BCUT2D eigenvalue weighted by molar-refractivity contribution is 6.10. The Morgan fingerprint density at radius 2 is 2.07 bits per heavy atom. The predicted molar refractivity (Wildman–Crippen MR) is 97.0 cm³/mol. The van der Waals surface area contributed by atoms with E-state index >= 15 is 0 Å². The van der Waals surface area contributed by atoms with Crippen LogP contribution in [-0.4, -0.2) is 16.8 Å². The van der Waals surface area contributed by atoms with Gasteiger partial charge in [-0.2, -0.15) is 10.5 Å². The topological polar surface area (TPSA) is 119 Å². The van der Waals surface area contributed by atoms with E-state index in [1.54, 1.807) is 48.5 Å². The first-order valence-corrected chi connectivity index (χ1v) is 7.66. The average Bonchev–Trinajstić information content (AvgIpc) is 3.11. The SMILES string of the molecule is [C-]#[N+]c1cccc(C(=O)Nc2noc3ccc(CN=C(C#N)C#N)cc23)c1. The molecule has 27 heavy (non-hydrogen) atoms. The van der Waals surface area contributed by atoms with Crippen molar-refractivity contribution in [3.8, 4) is 12.1 Å². The summed E-state index contributed by atoms with van der Waals surface area (Å²) < 4.78 is 5.20. The fourth-order valence-electron chi connectivity index (χ4n) is 2.34. The summed E-state index contributed by atoms with van der Waals surface area (Å²) >= 11 is 0. The van der Waals surface area contributed by atoms with Gasteiger partial charge in [0.05, 0.1) is 18.5 Å². The summed E-state index contributed by atoms with van der Waals surface area (Å²) in [5.41, 5.74) is 1.66. The van der Waals surface area contributed by atoms with E-state index in [0.717, 1.165) is 5.56 Å². The average molecular weight is 354 g/mol. The van der Waals surface area contributed by atoms with Crippen LogP contribution in [0.25, 0.3) is 15.8 Å². The summed E-state index contributed by atoms with van der Waals surface area (Å²) in [5.74, 6) is -0.190. The third-order valence-corrected chi connectivity index (χ3v) is 3.64. The van der Waals surface area contributed by atoms with Crippen LogP contribution >= 0.6 is 0 Å². The van der Waals surface area contributed by atoms with Gasteiger partial charge in [-0.15, -0.1) is 0 Å². The predicted octanol–water partition coefficient (Wildman–Crippen LogP) is 3.62. The van der Waals surface area contributed by atoms with Crippen LogP contribution in [0, 0.1) is 29.2 Å². The maximum Gasteiger partial charge on any atom is 0.255 e. The summed E-state index contributed by atoms with van der Waals surface area (Å²) in [5, 5.41) is 24.6. The van der Waals surface area contributed by atoms with Gasteiger partial charge in [0.2, 0.25) is 5.71 Å². The minimum atomic E-state index is -0.421. The Kier molecular flexibility index (Phi) is 4.89. The summed E-state index contributed by atoms with van der Waals surface area (Å²) in [7, 11) is 0. The van der Waals surface area contributed by atoms with Gasteiger partial charge >= 0.3 is 0 Å². The van der Waals surface area contributed by atoms with Crippen molar-refractivity contribution in [2.75, 3.05) is 5.32 Å². The molecule has 0 aliphatic heterocycles. The van der Waals surface area contributed by atoms with Crippen molar-refractivity contribution in [2.24, 2.45) is 4.99 Å². The van der Waals surface area contributed by atoms with Crippen molar-refractivity contribution in [3.63, 3.8) is 0 Å². The smallest absolute Gasteiger partial charge is 0.255 e. The molecule has 8 heteroatoms. The number of fused-ring (bicyclic) bond motifs is 1. The van der Waals surface area contributed by atoms with E-state index in [4.69, 9.17) is 21.6 Å². The number of carbonyl (C=O) groups excluding carboxylic acids is 1. The zero-order valence-corrected chi connectivity index (χ0v) is 13.8. The normalized spacial score (nSPS) is 9.67. The molecule has 0 saturated carbocycles. The van der Waals surface area contributed by atoms with Gasteiger partial charge in [-0.1, -0.05) is 29.4 Å². The molecule has 0 spiro atoms. The lowest BCUT2D eigenvalue weighted by atomic mass is 10.1. The Balaban J connectivity index is 1.87. The van der Waals surface area contributed by atoms with Crippen LogP contribution in [-0.2, 0) is 6.54 Å². The zero-order chi connectivity index (χ0) is 19.2. The van der Waals surface area contributed by atoms with Crippen LogP contribution in [0.2, 0.25) is 0 Å². The van der Waals surface area contributed by atoms with Gasteiger partial charge in [0.1, 0.15) is 12.1 Å². The number of carbonyl (C=O) groups is 1. The highest BCUT2D eigenvalue weighted by Crippen LogP contribution is 2.25. The van der Waals surface area contributed by atoms with Crippen molar-refractivity contribution in [3.05, 3.63) is 65.0 Å². The number of hydrogen-bond donors (Lipinski definition) is 1. The lowest BCUT2D eigenvalue weighted by molar-refractivity contribution is 0.102. The number of nitrogens with zero attached hydrogens (tertiary/aromatic N) is 5. The van der Waals surface area contributed by atoms with Gasteiger partial charge in [0.15, 0.2) is 17.1 Å². The molecule has 0 saturated heterocycles. The van der Waals surface area contributed by atoms with Crippen LogP contribution in [0.5, 0.6) is 0 Å². The standard InChI is InChI=1S/C19H10N6O2/c1-22-14-4-2-3-13(8-14)19(26)24-18-16-7-12(5-6-17(16)27-25-18)11-23-15(9-20)10-21/h2-8H,11H2,(H,24,25,26). The van der Waals surface area contributed by atoms with E-state index < -0.39 is 5.91 Å². The molecule has 1 heterocycles. The quantitative estimate of drug-likeness (QED) is 0.567. The third-order valence-electron chi connectivity index (χ3n) is 3.64. The largest absolute Gasteiger partial charge is 0.354 e. The molecular weight excluding hydrogens is 344 g/mol. The van der Waals surface area contributed by atoms with Crippen molar-refractivity contribution in [1.29, 1.82) is 10.5 Å². The summed E-state index contributed by atoms with van der Waals surface area (Å²) in [6, 6.07) is 14.8. The molecule has 128 valence electrons. The van der Waals surface area contributed by atoms with Gasteiger partial charge in [0, 0.05) is 5.56 Å². The number of aliphatic imine (C=N–C) groups is 1. The number of nitrogens with one attached hydrogen (secondary N) is 1. The molecule has 0 aliphatic carbocycles. The summed E-state index contributed by atoms with van der Waals surface area (Å²) in [4.78, 5) is 19.6. The van der Waals surface area contributed by atoms with Crippen LogP contribution in [0.4, 0.5) is 11.5 Å². The van der Waals surface area contributed by atoms with Gasteiger partial charge in [-0.05, 0) is 23.8 Å². The van der Waals surface area contributed by atoms with E-state index in [2.05, 4.69) is 20.3 Å². The monoisotopic (exact) mass is 354 g/mol. The molecule has 0 atom stereocenters. The number of rotatable bonds is 4. The second kappa shape index (κ2) is 7.60. The first kappa shape index (κ1) is 17.3. The molecule has 8 nitrogen and oxygen atoms in total. The molecule has 1 aromatic heterocycles. The summed E-state index contributed by atoms with van der Waals surface area (Å²) in [6.45, 7) is 7.16. The number of anilines is 1. The van der Waals surface area contributed by atoms with Crippen LogP contribution in [0.1, 0.15) is 15.9 Å². The van der Waals surface area contributed by atoms with E-state index in [0.29, 0.717) is 22.2 Å². The Morgan fingerprint density at radius 3 is 2.81 bits per heavy atom. The van der Waals surface area contributed by atoms with Crippen LogP contribution < -0.4 is 5.32 Å². The van der Waals surface area contributed by atoms with E-state index in [9.17, 15) is 4.79 Å². The molecule has 1 N–H and O–H groups in total. The number of amides is 1. The van der Waals surface area contributed by atoms with E-state index in [1.165, 1.54) is 6.07 Å². The maximum atomic E-state index is 12.4. The van der Waals surface area contributed by atoms with Crippen molar-refractivity contribution < 1.29 is 9.32 Å². The summed E-state index contributed by atoms with van der Waals surface area (Å²) in [6.07, 6.45) is 0. The Hall–Kier alpha value is -4.48. The molecule has 0 bridgehead atoms. The highest BCUT2D eigenvalue weighted by Gasteiger charge is 2.14. The first-order valence-electron chi connectivity index (χ1n) is 7.66. The molecule has 2 aromatic carbocycles. The third kappa shape index (κ3) is 3.79. The molecule has 0 fully saturated rings. The number of aromatic nitrogens is 1. The number of benzene rings is 2. The molecule has 0 unspecified atom stereocenters. The second-order valence-corrected chi connectivity index (χ2v) is 5.37. The van der Waals surface area contributed by atoms with Gasteiger partial charge in [-0.3, -0.25) is 9.79 Å². The van der Waals surface area contributed by atoms with Gasteiger partial charge in [-0.25, -0.2) is 4.85 Å². The number of nitriles is 2. The minimum absolute atomic E-state index is 0.137. The second-order valence-electron chi connectivity index (χ2n) is 5.37. The molecule has 0 aliphatic rings. The molecular formula is C19H10N6O2. The first-order chi connectivity index (χ1) is 13.1. The lowest BCUT2D eigenvalue weighted by Crippen LogP contribution is -2.12. The van der Waals surface area contributed by atoms with Crippen molar-refractivity contribution >= 4 is 34.1 Å². The lowest BCUT2D eigenvalue weighted by Gasteiger charge is -2.03. The zero-order valence-electron chi connectivity index (χ0n) is 13.8. The Morgan fingerprint density at radius 1 is 1.26 bits per heavy atom. The molecule has 1 amide bonds. The van der Waals surface area contributed by atoms with Crippen LogP contribution in [0.15, 0.2) is 52.0 Å². The Labute approximate surface area is 153 Å². The van der Waals surface area contributed by atoms with E-state index in [1.807, 2.05) is 0 Å². The molecule has 3 rings (SSSR count). The minimum Gasteiger partial charge on any atom is -0.354 e. The fourth-order valence-corrected chi connectivity index (χ4v) is 2.34. The van der Waals surface area contributed by atoms with Crippen molar-refractivity contribution in [2.45, 2.75) is 6.54 Å². The van der Waals surface area contributed by atoms with E-state index in [-0.39, 0.29) is 18.1 Å². The molecule has 0 radical (unpaired) electrons. The fraction of sp³-hybridized carbons (Fsp3) is 0.0526. The maximum absolute atomic E-state index is 12.4. The highest BCUT2D eigenvalue weighted by atomic mass is 16.5. The molecule has 3 aromatic rings. The van der Waals surface area contributed by atoms with Crippen LogP contribution in [0.3, 0.4) is 0 Å². The number of hydrogen-bond acceptors (Lipinski definition) is 6. The van der Waals surface area contributed by atoms with Gasteiger partial charge < -0.3 is 9.84 Å². The van der Waals surface area contributed by atoms with Gasteiger partial charge in [0.25, 0.3) is 5.91 Å². The Bertz CT molecular complexity index is 1170. The van der Waals surface area contributed by atoms with Crippen molar-refractivity contribution in [1.82, 2.24) is 5.16 Å².